The molecule has 1 heterocycles. The fourth-order valence-electron chi connectivity index (χ4n) is 1.44. The molecule has 1 amide bonds. The van der Waals surface area contributed by atoms with Gasteiger partial charge in [0.1, 0.15) is 5.69 Å². The minimum Gasteiger partial charge on any atom is -0.397 e. The molecule has 2 rings (SSSR count). The molecular weight excluding hydrogens is 246 g/mol. The standard InChI is InChI=1S/C13H13N3OS/c1-18-11-4-2-3-10(7-11)16-13(17)12-6-5-9(14)8-15-12/h2-8H,14H2,1H3,(H,16,17). The van der Waals surface area contributed by atoms with Crippen LogP contribution in [0.25, 0.3) is 0 Å². The minimum atomic E-state index is -0.242. The molecule has 0 aliphatic rings. The van der Waals surface area contributed by atoms with Gasteiger partial charge in [-0.25, -0.2) is 4.98 Å². The van der Waals surface area contributed by atoms with E-state index in [0.29, 0.717) is 11.4 Å². The predicted octanol–water partition coefficient (Wildman–Crippen LogP) is 2.64. The number of benzene rings is 1. The summed E-state index contributed by atoms with van der Waals surface area (Å²) < 4.78 is 0. The number of rotatable bonds is 3. The average molecular weight is 259 g/mol. The second-order valence-corrected chi connectivity index (χ2v) is 4.54. The van der Waals surface area contributed by atoms with Crippen LogP contribution in [0.5, 0.6) is 0 Å². The van der Waals surface area contributed by atoms with Crippen molar-refractivity contribution in [2.75, 3.05) is 17.3 Å². The Morgan fingerprint density at radius 3 is 2.83 bits per heavy atom. The van der Waals surface area contributed by atoms with Gasteiger partial charge in [-0.15, -0.1) is 11.8 Å². The van der Waals surface area contributed by atoms with Crippen LogP contribution in [0, 0.1) is 0 Å². The molecule has 3 N–H and O–H groups in total. The second-order valence-electron chi connectivity index (χ2n) is 3.66. The zero-order chi connectivity index (χ0) is 13.0. The van der Waals surface area contributed by atoms with Crippen molar-refractivity contribution in [3.63, 3.8) is 0 Å². The number of anilines is 2. The van der Waals surface area contributed by atoms with Crippen molar-refractivity contribution in [3.8, 4) is 0 Å². The van der Waals surface area contributed by atoms with E-state index in [1.165, 1.54) is 6.20 Å². The van der Waals surface area contributed by atoms with E-state index in [1.807, 2.05) is 30.5 Å². The van der Waals surface area contributed by atoms with Crippen LogP contribution in [0.15, 0.2) is 47.5 Å². The van der Waals surface area contributed by atoms with E-state index in [9.17, 15) is 4.79 Å². The number of thioether (sulfide) groups is 1. The van der Waals surface area contributed by atoms with Gasteiger partial charge in [0.15, 0.2) is 0 Å². The van der Waals surface area contributed by atoms with Crippen LogP contribution in [-0.4, -0.2) is 17.1 Å². The summed E-state index contributed by atoms with van der Waals surface area (Å²) in [6.45, 7) is 0. The molecule has 0 unspecified atom stereocenters. The van der Waals surface area contributed by atoms with Crippen LogP contribution in [0.3, 0.4) is 0 Å². The molecule has 0 radical (unpaired) electrons. The third-order valence-corrected chi connectivity index (χ3v) is 3.07. The lowest BCUT2D eigenvalue weighted by Crippen LogP contribution is -2.13. The maximum atomic E-state index is 11.9. The maximum Gasteiger partial charge on any atom is 0.274 e. The molecule has 1 aromatic heterocycles. The molecule has 18 heavy (non-hydrogen) atoms. The van der Waals surface area contributed by atoms with E-state index in [-0.39, 0.29) is 5.91 Å². The van der Waals surface area contributed by atoms with E-state index in [4.69, 9.17) is 5.73 Å². The summed E-state index contributed by atoms with van der Waals surface area (Å²) in [6.07, 6.45) is 3.45. The van der Waals surface area contributed by atoms with E-state index >= 15 is 0 Å². The van der Waals surface area contributed by atoms with E-state index < -0.39 is 0 Å². The summed E-state index contributed by atoms with van der Waals surface area (Å²) in [6, 6.07) is 10.9. The Morgan fingerprint density at radius 2 is 2.17 bits per heavy atom. The Labute approximate surface area is 110 Å². The molecule has 92 valence electrons. The lowest BCUT2D eigenvalue weighted by atomic mass is 10.3. The van der Waals surface area contributed by atoms with E-state index in [2.05, 4.69) is 10.3 Å². The second kappa shape index (κ2) is 5.55. The summed E-state index contributed by atoms with van der Waals surface area (Å²) in [5.74, 6) is -0.242. The molecule has 4 nitrogen and oxygen atoms in total. The maximum absolute atomic E-state index is 11.9. The predicted molar refractivity (Wildman–Crippen MR) is 74.8 cm³/mol. The van der Waals surface area contributed by atoms with Gasteiger partial charge >= 0.3 is 0 Å². The first-order valence-electron chi connectivity index (χ1n) is 5.36. The van der Waals surface area contributed by atoms with Crippen LogP contribution in [0.4, 0.5) is 11.4 Å². The quantitative estimate of drug-likeness (QED) is 0.831. The first kappa shape index (κ1) is 12.4. The van der Waals surface area contributed by atoms with Crippen molar-refractivity contribution < 1.29 is 4.79 Å². The Morgan fingerprint density at radius 1 is 1.33 bits per heavy atom. The molecule has 2 aromatic rings. The number of carbonyl (C=O) groups excluding carboxylic acids is 1. The first-order valence-corrected chi connectivity index (χ1v) is 6.58. The molecule has 0 aliphatic heterocycles. The fraction of sp³-hybridized carbons (Fsp3) is 0.0769. The third kappa shape index (κ3) is 3.01. The number of carbonyl (C=O) groups is 1. The monoisotopic (exact) mass is 259 g/mol. The topological polar surface area (TPSA) is 68.0 Å². The number of amides is 1. The largest absolute Gasteiger partial charge is 0.397 e. The third-order valence-electron chi connectivity index (χ3n) is 2.35. The van der Waals surface area contributed by atoms with Crippen LogP contribution in [0.2, 0.25) is 0 Å². The van der Waals surface area contributed by atoms with Gasteiger partial charge in [-0.2, -0.15) is 0 Å². The van der Waals surface area contributed by atoms with Crippen molar-refractivity contribution in [2.24, 2.45) is 0 Å². The van der Waals surface area contributed by atoms with Crippen LogP contribution in [0.1, 0.15) is 10.5 Å². The highest BCUT2D eigenvalue weighted by Crippen LogP contribution is 2.19. The Kier molecular flexibility index (Phi) is 3.84. The Hall–Kier alpha value is -2.01. The Bertz CT molecular complexity index is 554. The number of nitrogens with zero attached hydrogens (tertiary/aromatic N) is 1. The minimum absolute atomic E-state index is 0.242. The molecule has 1 aromatic carbocycles. The molecule has 5 heteroatoms. The first-order chi connectivity index (χ1) is 8.69. The summed E-state index contributed by atoms with van der Waals surface area (Å²) in [5, 5.41) is 2.80. The highest BCUT2D eigenvalue weighted by molar-refractivity contribution is 7.98. The summed E-state index contributed by atoms with van der Waals surface area (Å²) in [4.78, 5) is 17.0. The highest BCUT2D eigenvalue weighted by atomic mass is 32.2. The lowest BCUT2D eigenvalue weighted by molar-refractivity contribution is 0.102. The zero-order valence-electron chi connectivity index (χ0n) is 9.88. The molecule has 0 saturated heterocycles. The molecule has 0 fully saturated rings. The average Bonchev–Trinajstić information content (AvgIpc) is 2.39. The summed E-state index contributed by atoms with van der Waals surface area (Å²) >= 11 is 1.62. The number of aromatic nitrogens is 1. The van der Waals surface area contributed by atoms with Gasteiger partial charge in [0.2, 0.25) is 0 Å². The van der Waals surface area contributed by atoms with Crippen molar-refractivity contribution >= 4 is 29.0 Å². The fourth-order valence-corrected chi connectivity index (χ4v) is 1.90. The van der Waals surface area contributed by atoms with Crippen molar-refractivity contribution in [3.05, 3.63) is 48.3 Å². The number of hydrogen-bond acceptors (Lipinski definition) is 4. The van der Waals surface area contributed by atoms with Gasteiger partial charge in [-0.05, 0) is 36.6 Å². The van der Waals surface area contributed by atoms with Crippen LogP contribution < -0.4 is 11.1 Å². The zero-order valence-corrected chi connectivity index (χ0v) is 10.7. The molecular formula is C13H13N3OS. The van der Waals surface area contributed by atoms with Crippen molar-refractivity contribution in [1.82, 2.24) is 4.98 Å². The Balaban J connectivity index is 2.13. The SMILES string of the molecule is CSc1cccc(NC(=O)c2ccc(N)cn2)c1. The summed E-state index contributed by atoms with van der Waals surface area (Å²) in [5.41, 5.74) is 7.16. The van der Waals surface area contributed by atoms with Crippen molar-refractivity contribution in [1.29, 1.82) is 0 Å². The van der Waals surface area contributed by atoms with Crippen LogP contribution in [-0.2, 0) is 0 Å². The van der Waals surface area contributed by atoms with Crippen LogP contribution >= 0.6 is 11.8 Å². The van der Waals surface area contributed by atoms with E-state index in [1.54, 1.807) is 23.9 Å². The number of hydrogen-bond donors (Lipinski definition) is 2. The smallest absolute Gasteiger partial charge is 0.274 e. The molecule has 0 aliphatic carbocycles. The highest BCUT2D eigenvalue weighted by Gasteiger charge is 2.07. The lowest BCUT2D eigenvalue weighted by Gasteiger charge is -2.06. The van der Waals surface area contributed by atoms with Gasteiger partial charge in [-0.3, -0.25) is 4.79 Å². The van der Waals surface area contributed by atoms with Crippen molar-refractivity contribution in [2.45, 2.75) is 4.90 Å². The molecule has 0 saturated carbocycles. The molecule has 0 atom stereocenters. The van der Waals surface area contributed by atoms with Gasteiger partial charge < -0.3 is 11.1 Å². The summed E-state index contributed by atoms with van der Waals surface area (Å²) in [7, 11) is 0. The molecule has 0 spiro atoms. The van der Waals surface area contributed by atoms with Gasteiger partial charge in [0, 0.05) is 10.6 Å². The number of pyridine rings is 1. The molecule has 0 bridgehead atoms. The number of nitrogens with one attached hydrogen (secondary N) is 1. The van der Waals surface area contributed by atoms with Gasteiger partial charge in [-0.1, -0.05) is 6.07 Å². The van der Waals surface area contributed by atoms with Gasteiger partial charge in [0.25, 0.3) is 5.91 Å². The number of nitrogen functional groups attached to an aromatic ring is 1. The van der Waals surface area contributed by atoms with Gasteiger partial charge in [0.05, 0.1) is 11.9 Å². The number of nitrogens with two attached hydrogens (primary N) is 1. The van der Waals surface area contributed by atoms with E-state index in [0.717, 1.165) is 10.6 Å². The normalized spacial score (nSPS) is 10.1.